The van der Waals surface area contributed by atoms with Crippen LogP contribution in [0.4, 0.5) is 10.5 Å². The molecule has 3 amide bonds. The summed E-state index contributed by atoms with van der Waals surface area (Å²) in [5, 5.41) is 5.77. The lowest BCUT2D eigenvalue weighted by Crippen LogP contribution is -2.55. The van der Waals surface area contributed by atoms with Crippen molar-refractivity contribution in [3.63, 3.8) is 0 Å². The molecule has 2 atom stereocenters. The largest absolute Gasteiger partial charge is 0.497 e. The summed E-state index contributed by atoms with van der Waals surface area (Å²) in [5.41, 5.74) is 3.30. The van der Waals surface area contributed by atoms with E-state index < -0.39 is 29.7 Å². The summed E-state index contributed by atoms with van der Waals surface area (Å²) in [6.45, 7) is 12.9. The lowest BCUT2D eigenvalue weighted by molar-refractivity contribution is -0.142. The van der Waals surface area contributed by atoms with Crippen LogP contribution in [0.1, 0.15) is 62.9 Å². The molecule has 0 aliphatic rings. The standard InChI is InChI=1S/C34H43N3O5/c1-22(2)37(32(39)29(21-25-12-10-9-11-13-25)36-33(40)42-34(5,6)7)30(28-19-14-23(3)20-24(28)4)31(38)35-26-15-17-27(41-8)18-16-26/h9-20,22,29-30H,21H2,1-8H3,(H,35,38)(H,36,40). The van der Waals surface area contributed by atoms with E-state index in [1.807, 2.05) is 76.2 Å². The van der Waals surface area contributed by atoms with Gasteiger partial charge in [-0.1, -0.05) is 54.1 Å². The Morgan fingerprint density at radius 1 is 0.905 bits per heavy atom. The van der Waals surface area contributed by atoms with Crippen LogP contribution in [0.15, 0.2) is 72.8 Å². The number of nitrogens with one attached hydrogen (secondary N) is 2. The van der Waals surface area contributed by atoms with Crippen molar-refractivity contribution in [2.75, 3.05) is 12.4 Å². The predicted molar refractivity (Wildman–Crippen MR) is 166 cm³/mol. The number of rotatable bonds is 10. The number of alkyl carbamates (subject to hydrolysis) is 1. The molecular weight excluding hydrogens is 530 g/mol. The number of ether oxygens (including phenoxy) is 2. The molecule has 3 rings (SSSR count). The highest BCUT2D eigenvalue weighted by atomic mass is 16.6. The van der Waals surface area contributed by atoms with Gasteiger partial charge >= 0.3 is 6.09 Å². The Bertz CT molecular complexity index is 1360. The molecule has 0 aliphatic carbocycles. The van der Waals surface area contributed by atoms with Crippen molar-refractivity contribution in [2.45, 2.75) is 78.6 Å². The van der Waals surface area contributed by atoms with Gasteiger partial charge in [0.1, 0.15) is 23.4 Å². The molecule has 0 fully saturated rings. The molecule has 0 aromatic heterocycles. The molecular formula is C34H43N3O5. The number of hydrogen-bond donors (Lipinski definition) is 2. The molecule has 0 spiro atoms. The van der Waals surface area contributed by atoms with Crippen LogP contribution in [0, 0.1) is 13.8 Å². The maximum absolute atomic E-state index is 14.5. The first-order valence-corrected chi connectivity index (χ1v) is 14.2. The zero-order chi connectivity index (χ0) is 31.0. The predicted octanol–water partition coefficient (Wildman–Crippen LogP) is 6.36. The zero-order valence-electron chi connectivity index (χ0n) is 25.9. The van der Waals surface area contributed by atoms with E-state index in [1.165, 1.54) is 0 Å². The van der Waals surface area contributed by atoms with E-state index in [4.69, 9.17) is 9.47 Å². The number of nitrogens with zero attached hydrogens (tertiary/aromatic N) is 1. The van der Waals surface area contributed by atoms with Gasteiger partial charge in [-0.3, -0.25) is 9.59 Å². The van der Waals surface area contributed by atoms with Gasteiger partial charge in [-0.2, -0.15) is 0 Å². The Kier molecular flexibility index (Phi) is 10.8. The molecule has 0 saturated heterocycles. The first-order valence-electron chi connectivity index (χ1n) is 14.2. The number of methoxy groups -OCH3 is 1. The Morgan fingerprint density at radius 2 is 1.55 bits per heavy atom. The zero-order valence-corrected chi connectivity index (χ0v) is 25.9. The minimum absolute atomic E-state index is 0.224. The van der Waals surface area contributed by atoms with Crippen molar-refractivity contribution in [1.29, 1.82) is 0 Å². The third kappa shape index (κ3) is 8.83. The maximum Gasteiger partial charge on any atom is 0.408 e. The van der Waals surface area contributed by atoms with E-state index in [2.05, 4.69) is 10.6 Å². The van der Waals surface area contributed by atoms with Crippen LogP contribution in [-0.2, 0) is 20.7 Å². The quantitative estimate of drug-likeness (QED) is 0.294. The van der Waals surface area contributed by atoms with Gasteiger partial charge in [0.25, 0.3) is 5.91 Å². The summed E-state index contributed by atoms with van der Waals surface area (Å²) in [4.78, 5) is 43.1. The first kappa shape index (κ1) is 32.2. The lowest BCUT2D eigenvalue weighted by Gasteiger charge is -2.38. The molecule has 2 N–H and O–H groups in total. The van der Waals surface area contributed by atoms with Crippen LogP contribution in [0.2, 0.25) is 0 Å². The van der Waals surface area contributed by atoms with Gasteiger partial charge in [0.15, 0.2) is 0 Å². The van der Waals surface area contributed by atoms with E-state index in [-0.39, 0.29) is 18.4 Å². The normalized spacial score (nSPS) is 12.7. The average molecular weight is 574 g/mol. The molecule has 2 unspecified atom stereocenters. The van der Waals surface area contributed by atoms with Gasteiger partial charge < -0.3 is 25.0 Å². The van der Waals surface area contributed by atoms with Crippen LogP contribution < -0.4 is 15.4 Å². The summed E-state index contributed by atoms with van der Waals surface area (Å²) < 4.78 is 10.8. The van der Waals surface area contributed by atoms with Crippen molar-refractivity contribution >= 4 is 23.6 Å². The van der Waals surface area contributed by atoms with Gasteiger partial charge in [0, 0.05) is 18.2 Å². The molecule has 0 radical (unpaired) electrons. The Balaban J connectivity index is 2.07. The number of carbonyl (C=O) groups excluding carboxylic acids is 3. The van der Waals surface area contributed by atoms with Crippen LogP contribution in [-0.4, -0.2) is 47.6 Å². The van der Waals surface area contributed by atoms with Crippen molar-refractivity contribution < 1.29 is 23.9 Å². The second-order valence-electron chi connectivity index (χ2n) is 11.7. The molecule has 0 aliphatic heterocycles. The molecule has 0 bridgehead atoms. The summed E-state index contributed by atoms with van der Waals surface area (Å²) >= 11 is 0. The Labute approximate surface area is 249 Å². The van der Waals surface area contributed by atoms with Crippen molar-refractivity contribution in [1.82, 2.24) is 10.2 Å². The minimum atomic E-state index is -0.980. The summed E-state index contributed by atoms with van der Waals surface area (Å²) in [7, 11) is 1.58. The summed E-state index contributed by atoms with van der Waals surface area (Å²) in [6.07, 6.45) is -0.479. The molecule has 8 heteroatoms. The molecule has 0 heterocycles. The van der Waals surface area contributed by atoms with E-state index in [9.17, 15) is 14.4 Å². The SMILES string of the molecule is COc1ccc(NC(=O)C(c2ccc(C)cc2C)N(C(=O)C(Cc2ccccc2)NC(=O)OC(C)(C)C)C(C)C)cc1. The van der Waals surface area contributed by atoms with Crippen molar-refractivity contribution in [2.24, 2.45) is 0 Å². The van der Waals surface area contributed by atoms with Gasteiger partial charge in [0.05, 0.1) is 7.11 Å². The third-order valence-electron chi connectivity index (χ3n) is 6.69. The Morgan fingerprint density at radius 3 is 2.10 bits per heavy atom. The molecule has 8 nitrogen and oxygen atoms in total. The number of anilines is 1. The first-order chi connectivity index (χ1) is 19.8. The third-order valence-corrected chi connectivity index (χ3v) is 6.69. The Hall–Kier alpha value is -4.33. The van der Waals surface area contributed by atoms with Gasteiger partial charge in [-0.15, -0.1) is 0 Å². The topological polar surface area (TPSA) is 97.0 Å². The van der Waals surface area contributed by atoms with Crippen LogP contribution >= 0.6 is 0 Å². The molecule has 0 saturated carbocycles. The van der Waals surface area contributed by atoms with E-state index in [1.54, 1.807) is 57.0 Å². The number of hydrogen-bond acceptors (Lipinski definition) is 5. The fraction of sp³-hybridized carbons (Fsp3) is 0.382. The monoisotopic (exact) mass is 573 g/mol. The van der Waals surface area contributed by atoms with E-state index in [0.717, 1.165) is 16.7 Å². The number of benzene rings is 3. The second kappa shape index (κ2) is 14.0. The van der Waals surface area contributed by atoms with Crippen LogP contribution in [0.5, 0.6) is 5.75 Å². The minimum Gasteiger partial charge on any atom is -0.497 e. The summed E-state index contributed by atoms with van der Waals surface area (Å²) in [5.74, 6) is -0.102. The molecule has 42 heavy (non-hydrogen) atoms. The lowest BCUT2D eigenvalue weighted by atomic mass is 9.94. The van der Waals surface area contributed by atoms with Crippen LogP contribution in [0.3, 0.4) is 0 Å². The smallest absolute Gasteiger partial charge is 0.408 e. The molecule has 224 valence electrons. The number of aryl methyl sites for hydroxylation is 2. The van der Waals surface area contributed by atoms with Crippen molar-refractivity contribution in [3.05, 3.63) is 95.1 Å². The van der Waals surface area contributed by atoms with Gasteiger partial charge in [-0.05, 0) is 89.4 Å². The number of carbonyl (C=O) groups is 3. The average Bonchev–Trinajstić information content (AvgIpc) is 2.91. The van der Waals surface area contributed by atoms with Gasteiger partial charge in [-0.25, -0.2) is 4.79 Å². The van der Waals surface area contributed by atoms with E-state index >= 15 is 0 Å². The van der Waals surface area contributed by atoms with E-state index in [0.29, 0.717) is 17.0 Å². The highest BCUT2D eigenvalue weighted by molar-refractivity contribution is 5.99. The van der Waals surface area contributed by atoms with Crippen LogP contribution in [0.25, 0.3) is 0 Å². The van der Waals surface area contributed by atoms with Gasteiger partial charge in [0.2, 0.25) is 5.91 Å². The van der Waals surface area contributed by atoms with Crippen molar-refractivity contribution in [3.8, 4) is 5.75 Å². The molecule has 3 aromatic carbocycles. The number of amides is 3. The highest BCUT2D eigenvalue weighted by Gasteiger charge is 2.38. The highest BCUT2D eigenvalue weighted by Crippen LogP contribution is 2.30. The molecule has 3 aromatic rings. The maximum atomic E-state index is 14.5. The summed E-state index contributed by atoms with van der Waals surface area (Å²) in [6, 6.07) is 19.9. The fourth-order valence-corrected chi connectivity index (χ4v) is 4.79. The second-order valence-corrected chi connectivity index (χ2v) is 11.7. The fourth-order valence-electron chi connectivity index (χ4n) is 4.79.